The van der Waals surface area contributed by atoms with Crippen molar-refractivity contribution in [2.45, 2.75) is 26.3 Å². The van der Waals surface area contributed by atoms with E-state index in [0.717, 1.165) is 24.1 Å². The van der Waals surface area contributed by atoms with E-state index >= 15 is 0 Å². The molecule has 0 amide bonds. The number of anilines is 1. The number of aromatic nitrogens is 2. The molecule has 0 saturated heterocycles. The van der Waals surface area contributed by atoms with E-state index in [9.17, 15) is 4.79 Å². The molecule has 0 bridgehead atoms. The molecule has 0 aliphatic carbocycles. The maximum Gasteiger partial charge on any atom is 0.252 e. The number of benzene rings is 1. The van der Waals surface area contributed by atoms with Gasteiger partial charge in [0, 0.05) is 18.3 Å². The summed E-state index contributed by atoms with van der Waals surface area (Å²) in [6, 6.07) is 11.6. The first-order valence-corrected chi connectivity index (χ1v) is 6.16. The number of aromatic amines is 1. The van der Waals surface area contributed by atoms with Gasteiger partial charge in [-0.05, 0) is 12.0 Å². The molecule has 4 nitrogen and oxygen atoms in total. The van der Waals surface area contributed by atoms with Crippen LogP contribution < -0.4 is 10.9 Å². The zero-order valence-corrected chi connectivity index (χ0v) is 10.4. The van der Waals surface area contributed by atoms with E-state index in [-0.39, 0.29) is 5.56 Å². The number of nitrogens with one attached hydrogen (secondary N) is 2. The molecule has 2 N–H and O–H groups in total. The maximum atomic E-state index is 11.5. The van der Waals surface area contributed by atoms with Gasteiger partial charge in [-0.15, -0.1) is 0 Å². The van der Waals surface area contributed by atoms with E-state index in [1.165, 1.54) is 0 Å². The molecular weight excluding hydrogens is 226 g/mol. The standard InChI is InChI=1S/C14H17N3O/c1-2-6-12-9-13(18)17-14(16-12)15-10-11-7-4-3-5-8-11/h3-5,7-9H,2,6,10H2,1H3,(H2,15,16,17,18). The van der Waals surface area contributed by atoms with Crippen LogP contribution in [0, 0.1) is 0 Å². The van der Waals surface area contributed by atoms with E-state index in [0.29, 0.717) is 12.5 Å². The minimum absolute atomic E-state index is 0.107. The predicted molar refractivity (Wildman–Crippen MR) is 72.6 cm³/mol. The fraction of sp³-hybridized carbons (Fsp3) is 0.286. The van der Waals surface area contributed by atoms with Crippen LogP contribution in [0.1, 0.15) is 24.6 Å². The summed E-state index contributed by atoms with van der Waals surface area (Å²) in [6.07, 6.45) is 1.80. The molecule has 1 aromatic carbocycles. The first kappa shape index (κ1) is 12.4. The summed E-state index contributed by atoms with van der Waals surface area (Å²) in [6.45, 7) is 2.72. The number of hydrogen-bond donors (Lipinski definition) is 2. The Morgan fingerprint density at radius 2 is 2.06 bits per heavy atom. The fourth-order valence-electron chi connectivity index (χ4n) is 1.76. The molecule has 0 spiro atoms. The van der Waals surface area contributed by atoms with Crippen molar-refractivity contribution >= 4 is 5.95 Å². The quantitative estimate of drug-likeness (QED) is 0.847. The smallest absolute Gasteiger partial charge is 0.252 e. The van der Waals surface area contributed by atoms with Crippen LogP contribution in [0.5, 0.6) is 0 Å². The van der Waals surface area contributed by atoms with Crippen molar-refractivity contribution in [2.75, 3.05) is 5.32 Å². The van der Waals surface area contributed by atoms with Gasteiger partial charge in [-0.1, -0.05) is 43.7 Å². The van der Waals surface area contributed by atoms with E-state index < -0.39 is 0 Å². The van der Waals surface area contributed by atoms with E-state index in [1.807, 2.05) is 30.3 Å². The van der Waals surface area contributed by atoms with Crippen molar-refractivity contribution in [2.24, 2.45) is 0 Å². The van der Waals surface area contributed by atoms with Crippen LogP contribution in [0.3, 0.4) is 0 Å². The monoisotopic (exact) mass is 243 g/mol. The number of hydrogen-bond acceptors (Lipinski definition) is 3. The third-order valence-electron chi connectivity index (χ3n) is 2.60. The van der Waals surface area contributed by atoms with Gasteiger partial charge in [-0.2, -0.15) is 0 Å². The maximum absolute atomic E-state index is 11.5. The lowest BCUT2D eigenvalue weighted by Gasteiger charge is -2.06. The molecule has 18 heavy (non-hydrogen) atoms. The summed E-state index contributed by atoms with van der Waals surface area (Å²) in [5, 5.41) is 3.13. The van der Waals surface area contributed by atoms with Crippen LogP contribution in [0.25, 0.3) is 0 Å². The third-order valence-corrected chi connectivity index (χ3v) is 2.60. The van der Waals surface area contributed by atoms with Gasteiger partial charge in [0.15, 0.2) is 0 Å². The Hall–Kier alpha value is -2.10. The summed E-state index contributed by atoms with van der Waals surface area (Å²) in [7, 11) is 0. The first-order chi connectivity index (χ1) is 8.78. The molecule has 1 aromatic heterocycles. The molecule has 0 radical (unpaired) electrons. The molecule has 0 saturated carbocycles. The van der Waals surface area contributed by atoms with Gasteiger partial charge >= 0.3 is 0 Å². The van der Waals surface area contributed by atoms with Crippen molar-refractivity contribution < 1.29 is 0 Å². The summed E-state index contributed by atoms with van der Waals surface area (Å²) < 4.78 is 0. The average molecular weight is 243 g/mol. The average Bonchev–Trinajstić information content (AvgIpc) is 2.37. The Bertz CT molecular complexity index is 548. The highest BCUT2D eigenvalue weighted by molar-refractivity contribution is 5.28. The molecule has 0 aliphatic heterocycles. The normalized spacial score (nSPS) is 10.3. The molecule has 94 valence electrons. The lowest BCUT2D eigenvalue weighted by Crippen LogP contribution is -2.13. The van der Waals surface area contributed by atoms with E-state index in [1.54, 1.807) is 6.07 Å². The van der Waals surface area contributed by atoms with Gasteiger partial charge in [-0.3, -0.25) is 9.78 Å². The number of rotatable bonds is 5. The van der Waals surface area contributed by atoms with Crippen molar-refractivity contribution in [3.8, 4) is 0 Å². The van der Waals surface area contributed by atoms with Crippen LogP contribution in [-0.4, -0.2) is 9.97 Å². The van der Waals surface area contributed by atoms with Gasteiger partial charge in [-0.25, -0.2) is 4.98 Å². The molecule has 0 atom stereocenters. The summed E-state index contributed by atoms with van der Waals surface area (Å²) in [4.78, 5) is 18.5. The predicted octanol–water partition coefficient (Wildman–Crippen LogP) is 2.33. The van der Waals surface area contributed by atoms with E-state index in [2.05, 4.69) is 22.2 Å². The second-order valence-corrected chi connectivity index (χ2v) is 4.17. The van der Waals surface area contributed by atoms with Gasteiger partial charge < -0.3 is 5.32 Å². The van der Waals surface area contributed by atoms with Crippen LogP contribution in [0.15, 0.2) is 41.2 Å². The Balaban J connectivity index is 2.07. The van der Waals surface area contributed by atoms with Crippen LogP contribution in [-0.2, 0) is 13.0 Å². The minimum atomic E-state index is -0.107. The minimum Gasteiger partial charge on any atom is -0.352 e. The lowest BCUT2D eigenvalue weighted by atomic mass is 10.2. The van der Waals surface area contributed by atoms with Gasteiger partial charge in [0.1, 0.15) is 0 Å². The summed E-state index contributed by atoms with van der Waals surface area (Å²) >= 11 is 0. The number of aryl methyl sites for hydroxylation is 1. The molecule has 0 aliphatic rings. The lowest BCUT2D eigenvalue weighted by molar-refractivity contribution is 0.864. The second-order valence-electron chi connectivity index (χ2n) is 4.17. The Labute approximate surface area is 106 Å². The largest absolute Gasteiger partial charge is 0.352 e. The second kappa shape index (κ2) is 6.00. The molecular formula is C14H17N3O. The van der Waals surface area contributed by atoms with Gasteiger partial charge in [0.05, 0.1) is 0 Å². The van der Waals surface area contributed by atoms with Crippen molar-refractivity contribution in [3.05, 3.63) is 58.0 Å². The van der Waals surface area contributed by atoms with Gasteiger partial charge in [0.25, 0.3) is 5.56 Å². The molecule has 4 heteroatoms. The molecule has 1 heterocycles. The SMILES string of the molecule is CCCc1cc(=O)[nH]c(NCc2ccccc2)n1. The third kappa shape index (κ3) is 3.45. The fourth-order valence-corrected chi connectivity index (χ4v) is 1.76. The Kier molecular flexibility index (Phi) is 4.12. The van der Waals surface area contributed by atoms with Crippen molar-refractivity contribution in [1.82, 2.24) is 9.97 Å². The molecule has 2 aromatic rings. The molecule has 2 rings (SSSR count). The first-order valence-electron chi connectivity index (χ1n) is 6.16. The topological polar surface area (TPSA) is 57.8 Å². The summed E-state index contributed by atoms with van der Waals surface area (Å²) in [5.41, 5.74) is 1.88. The number of H-pyrrole nitrogens is 1. The zero-order valence-electron chi connectivity index (χ0n) is 10.4. The highest BCUT2D eigenvalue weighted by Crippen LogP contribution is 2.04. The number of nitrogens with zero attached hydrogens (tertiary/aromatic N) is 1. The highest BCUT2D eigenvalue weighted by Gasteiger charge is 2.00. The van der Waals surface area contributed by atoms with Crippen LogP contribution in [0.4, 0.5) is 5.95 Å². The molecule has 0 unspecified atom stereocenters. The van der Waals surface area contributed by atoms with Crippen molar-refractivity contribution in [1.29, 1.82) is 0 Å². The molecule has 0 fully saturated rings. The van der Waals surface area contributed by atoms with Crippen LogP contribution in [0.2, 0.25) is 0 Å². The van der Waals surface area contributed by atoms with Crippen molar-refractivity contribution in [3.63, 3.8) is 0 Å². The summed E-state index contributed by atoms with van der Waals surface area (Å²) in [5.74, 6) is 0.537. The highest BCUT2D eigenvalue weighted by atomic mass is 16.1. The zero-order chi connectivity index (χ0) is 12.8. The van der Waals surface area contributed by atoms with E-state index in [4.69, 9.17) is 0 Å². The Morgan fingerprint density at radius 1 is 1.28 bits per heavy atom. The van der Waals surface area contributed by atoms with Crippen LogP contribution >= 0.6 is 0 Å². The van der Waals surface area contributed by atoms with Gasteiger partial charge in [0.2, 0.25) is 5.95 Å². The Morgan fingerprint density at radius 3 is 2.78 bits per heavy atom.